The molecule has 1 heterocycles. The van der Waals surface area contributed by atoms with Gasteiger partial charge in [0.2, 0.25) is 5.91 Å². The number of methoxy groups -OCH3 is 2. The highest BCUT2D eigenvalue weighted by molar-refractivity contribution is 5.75. The number of nitrogens with zero attached hydrogens (tertiary/aromatic N) is 2. The summed E-state index contributed by atoms with van der Waals surface area (Å²) < 4.78 is 25.6. The Morgan fingerprint density at radius 3 is 2.63 bits per heavy atom. The van der Waals surface area contributed by atoms with Gasteiger partial charge in [-0.05, 0) is 36.2 Å². The van der Waals surface area contributed by atoms with E-state index in [1.165, 1.54) is 31.4 Å². The lowest BCUT2D eigenvalue weighted by Crippen LogP contribution is -2.34. The van der Waals surface area contributed by atoms with Gasteiger partial charge in [-0.25, -0.2) is 9.07 Å². The molecule has 7 nitrogen and oxygen atoms in total. The Kier molecular flexibility index (Phi) is 6.79. The van der Waals surface area contributed by atoms with Crippen LogP contribution in [0.3, 0.4) is 0 Å². The Morgan fingerprint density at radius 2 is 1.90 bits per heavy atom. The molecule has 1 amide bonds. The molecule has 156 valence electrons. The maximum atomic E-state index is 14.3. The summed E-state index contributed by atoms with van der Waals surface area (Å²) >= 11 is 0. The molecule has 30 heavy (non-hydrogen) atoms. The summed E-state index contributed by atoms with van der Waals surface area (Å²) in [7, 11) is 3.04. The van der Waals surface area contributed by atoms with Crippen LogP contribution in [-0.2, 0) is 17.8 Å². The molecule has 0 aliphatic rings. The average Bonchev–Trinajstić information content (AvgIpc) is 2.75. The van der Waals surface area contributed by atoms with E-state index >= 15 is 0 Å². The molecule has 0 aliphatic carbocycles. The summed E-state index contributed by atoms with van der Waals surface area (Å²) in [4.78, 5) is 24.4. The van der Waals surface area contributed by atoms with E-state index < -0.39 is 11.4 Å². The van der Waals surface area contributed by atoms with Crippen molar-refractivity contribution in [3.63, 3.8) is 0 Å². The van der Waals surface area contributed by atoms with Crippen molar-refractivity contribution < 1.29 is 18.7 Å². The van der Waals surface area contributed by atoms with Crippen LogP contribution in [0.4, 0.5) is 4.39 Å². The van der Waals surface area contributed by atoms with Gasteiger partial charge in [-0.2, -0.15) is 5.10 Å². The van der Waals surface area contributed by atoms with Gasteiger partial charge < -0.3 is 14.8 Å². The maximum absolute atomic E-state index is 14.3. The third-order valence-corrected chi connectivity index (χ3v) is 4.52. The van der Waals surface area contributed by atoms with E-state index in [9.17, 15) is 14.0 Å². The first-order chi connectivity index (χ1) is 14.5. The van der Waals surface area contributed by atoms with E-state index in [0.29, 0.717) is 18.7 Å². The molecule has 1 N–H and O–H groups in total. The molecule has 0 radical (unpaired) electrons. The van der Waals surface area contributed by atoms with Crippen molar-refractivity contribution >= 4 is 5.91 Å². The topological polar surface area (TPSA) is 82.5 Å². The van der Waals surface area contributed by atoms with E-state index in [1.54, 1.807) is 13.2 Å². The third-order valence-electron chi connectivity index (χ3n) is 4.52. The fraction of sp³-hybridized carbons (Fsp3) is 0.227. The van der Waals surface area contributed by atoms with Crippen LogP contribution >= 0.6 is 0 Å². The van der Waals surface area contributed by atoms with E-state index in [0.717, 1.165) is 16.0 Å². The van der Waals surface area contributed by atoms with Gasteiger partial charge in [0.25, 0.3) is 5.56 Å². The van der Waals surface area contributed by atoms with E-state index in [2.05, 4.69) is 10.4 Å². The first-order valence-corrected chi connectivity index (χ1v) is 9.32. The van der Waals surface area contributed by atoms with Gasteiger partial charge in [0.15, 0.2) is 0 Å². The highest BCUT2D eigenvalue weighted by Crippen LogP contribution is 2.24. The van der Waals surface area contributed by atoms with Gasteiger partial charge in [-0.3, -0.25) is 9.59 Å². The lowest BCUT2D eigenvalue weighted by molar-refractivity contribution is -0.121. The predicted octanol–water partition coefficient (Wildman–Crippen LogP) is 2.43. The minimum absolute atomic E-state index is 0.209. The number of nitrogens with one attached hydrogen (secondary N) is 1. The van der Waals surface area contributed by atoms with Gasteiger partial charge in [-0.15, -0.1) is 0 Å². The van der Waals surface area contributed by atoms with Crippen molar-refractivity contribution in [3.8, 4) is 22.8 Å². The second kappa shape index (κ2) is 9.69. The average molecular weight is 411 g/mol. The Hall–Kier alpha value is -3.68. The molecule has 0 unspecified atom stereocenters. The number of carbonyl (C=O) groups is 1. The van der Waals surface area contributed by atoms with Crippen LogP contribution in [0.25, 0.3) is 11.3 Å². The van der Waals surface area contributed by atoms with E-state index in [1.807, 2.05) is 24.3 Å². The maximum Gasteiger partial charge on any atom is 0.267 e. The summed E-state index contributed by atoms with van der Waals surface area (Å²) in [6, 6.07) is 14.6. The molecule has 0 bridgehead atoms. The highest BCUT2D eigenvalue weighted by atomic mass is 19.1. The number of halogens is 1. The Bertz CT molecular complexity index is 1100. The number of hydrogen-bond donors (Lipinski definition) is 1. The van der Waals surface area contributed by atoms with Crippen molar-refractivity contribution in [1.29, 1.82) is 0 Å². The number of hydrogen-bond acceptors (Lipinski definition) is 5. The molecule has 1 aromatic heterocycles. The largest absolute Gasteiger partial charge is 0.497 e. The SMILES string of the molecule is COc1ccc(-c2ccc(=O)n(CC(=O)NCCc3ccccc3OC)n2)c(F)c1. The van der Waals surface area contributed by atoms with E-state index in [-0.39, 0.29) is 23.7 Å². The number of rotatable bonds is 8. The molecule has 8 heteroatoms. The van der Waals surface area contributed by atoms with Crippen molar-refractivity contribution in [1.82, 2.24) is 15.1 Å². The molecule has 2 aromatic carbocycles. The number of carbonyl (C=O) groups excluding carboxylic acids is 1. The minimum atomic E-state index is -0.534. The fourth-order valence-electron chi connectivity index (χ4n) is 2.97. The predicted molar refractivity (Wildman–Crippen MR) is 110 cm³/mol. The van der Waals surface area contributed by atoms with Crippen LogP contribution in [0, 0.1) is 5.82 Å². The zero-order valence-electron chi connectivity index (χ0n) is 16.7. The molecule has 0 aliphatic heterocycles. The molecule has 3 rings (SSSR count). The number of aromatic nitrogens is 2. The van der Waals surface area contributed by atoms with Gasteiger partial charge in [0.1, 0.15) is 23.9 Å². The van der Waals surface area contributed by atoms with Crippen molar-refractivity contribution in [2.45, 2.75) is 13.0 Å². The van der Waals surface area contributed by atoms with Crippen molar-refractivity contribution in [3.05, 3.63) is 76.3 Å². The van der Waals surface area contributed by atoms with Crippen LogP contribution in [0.1, 0.15) is 5.56 Å². The molecule has 3 aromatic rings. The lowest BCUT2D eigenvalue weighted by atomic mass is 10.1. The van der Waals surface area contributed by atoms with Crippen LogP contribution in [0.2, 0.25) is 0 Å². The highest BCUT2D eigenvalue weighted by Gasteiger charge is 2.12. The van der Waals surface area contributed by atoms with E-state index in [4.69, 9.17) is 9.47 Å². The van der Waals surface area contributed by atoms with Gasteiger partial charge in [0, 0.05) is 24.2 Å². The summed E-state index contributed by atoms with van der Waals surface area (Å²) in [6.07, 6.45) is 0.579. The Morgan fingerprint density at radius 1 is 1.10 bits per heavy atom. The van der Waals surface area contributed by atoms with Gasteiger partial charge in [0.05, 0.1) is 19.9 Å². The Labute approximate surface area is 173 Å². The number of amides is 1. The van der Waals surface area contributed by atoms with Crippen LogP contribution in [-0.4, -0.2) is 36.5 Å². The normalized spacial score (nSPS) is 10.5. The van der Waals surface area contributed by atoms with Crippen LogP contribution in [0.5, 0.6) is 11.5 Å². The van der Waals surface area contributed by atoms with Gasteiger partial charge >= 0.3 is 0 Å². The van der Waals surface area contributed by atoms with Gasteiger partial charge in [-0.1, -0.05) is 18.2 Å². The first kappa shape index (κ1) is 21.0. The summed E-state index contributed by atoms with van der Waals surface area (Å²) in [5.74, 6) is 0.220. The fourth-order valence-corrected chi connectivity index (χ4v) is 2.97. The monoisotopic (exact) mass is 411 g/mol. The number of para-hydroxylation sites is 1. The Balaban J connectivity index is 1.67. The molecule has 0 spiro atoms. The van der Waals surface area contributed by atoms with Crippen LogP contribution < -0.4 is 20.3 Å². The molecule has 0 fully saturated rings. The molecule has 0 saturated carbocycles. The van der Waals surface area contributed by atoms with Crippen LogP contribution in [0.15, 0.2) is 59.4 Å². The molecular formula is C22H22FN3O4. The standard InChI is InChI=1S/C22H22FN3O4/c1-29-16-7-8-17(18(23)13-16)19-9-10-22(28)26(25-19)14-21(27)24-12-11-15-5-3-4-6-20(15)30-2/h3-10,13H,11-12,14H2,1-2H3,(H,24,27). The molecular weight excluding hydrogens is 389 g/mol. The lowest BCUT2D eigenvalue weighted by Gasteiger charge is -2.10. The van der Waals surface area contributed by atoms with Crippen molar-refractivity contribution in [2.24, 2.45) is 0 Å². The smallest absolute Gasteiger partial charge is 0.267 e. The summed E-state index contributed by atoms with van der Waals surface area (Å²) in [6.45, 7) is 0.108. The quantitative estimate of drug-likeness (QED) is 0.616. The second-order valence-electron chi connectivity index (χ2n) is 6.47. The first-order valence-electron chi connectivity index (χ1n) is 9.32. The summed E-state index contributed by atoms with van der Waals surface area (Å²) in [5.41, 5.74) is 0.970. The minimum Gasteiger partial charge on any atom is -0.497 e. The zero-order chi connectivity index (χ0) is 21.5. The zero-order valence-corrected chi connectivity index (χ0v) is 16.7. The second-order valence-corrected chi connectivity index (χ2v) is 6.47. The summed E-state index contributed by atoms with van der Waals surface area (Å²) in [5, 5.41) is 6.89. The number of ether oxygens (including phenoxy) is 2. The third kappa shape index (κ3) is 5.02. The number of benzene rings is 2. The molecule has 0 saturated heterocycles. The molecule has 0 atom stereocenters. The van der Waals surface area contributed by atoms with Crippen molar-refractivity contribution in [2.75, 3.05) is 20.8 Å².